The minimum absolute atomic E-state index is 0.0857. The van der Waals surface area contributed by atoms with Crippen molar-refractivity contribution >= 4 is 45.1 Å². The van der Waals surface area contributed by atoms with Gasteiger partial charge in [0.2, 0.25) is 21.8 Å². The standard InChI is InChI=1S/C20H20N4O7S/c1-12(19(27)22-14-3-2-4-16(11-14)32(21,29)30)31-20(28)13-5-7-15(8-6-13)24-18(26)10-9-17(25)23-24/h2-8,11-12H,9-10H2,1H3,(H,22,27)(H,23,25)(H2,21,29,30). The van der Waals surface area contributed by atoms with E-state index in [-0.39, 0.29) is 40.8 Å². The maximum Gasteiger partial charge on any atom is 0.338 e. The molecule has 12 heteroatoms. The van der Waals surface area contributed by atoms with Crippen molar-refractivity contribution in [3.8, 4) is 0 Å². The minimum Gasteiger partial charge on any atom is -0.449 e. The predicted molar refractivity (Wildman–Crippen MR) is 113 cm³/mol. The molecule has 3 amide bonds. The Hall–Kier alpha value is -3.77. The summed E-state index contributed by atoms with van der Waals surface area (Å²) >= 11 is 0. The van der Waals surface area contributed by atoms with Crippen molar-refractivity contribution in [2.45, 2.75) is 30.8 Å². The van der Waals surface area contributed by atoms with E-state index >= 15 is 0 Å². The average molecular weight is 460 g/mol. The number of carbonyl (C=O) groups is 4. The third kappa shape index (κ3) is 5.47. The van der Waals surface area contributed by atoms with Gasteiger partial charge in [0.15, 0.2) is 6.10 Å². The van der Waals surface area contributed by atoms with Crippen molar-refractivity contribution in [2.75, 3.05) is 10.3 Å². The summed E-state index contributed by atoms with van der Waals surface area (Å²) in [5.74, 6) is -2.03. The lowest BCUT2D eigenvalue weighted by molar-refractivity contribution is -0.130. The summed E-state index contributed by atoms with van der Waals surface area (Å²) in [6, 6.07) is 11.0. The van der Waals surface area contributed by atoms with Crippen LogP contribution in [0.3, 0.4) is 0 Å². The van der Waals surface area contributed by atoms with Crippen LogP contribution in [0.4, 0.5) is 11.4 Å². The number of nitrogens with zero attached hydrogens (tertiary/aromatic N) is 1. The lowest BCUT2D eigenvalue weighted by Gasteiger charge is -2.27. The van der Waals surface area contributed by atoms with Crippen LogP contribution in [0.25, 0.3) is 0 Å². The highest BCUT2D eigenvalue weighted by Crippen LogP contribution is 2.19. The van der Waals surface area contributed by atoms with Gasteiger partial charge in [0.1, 0.15) is 0 Å². The summed E-state index contributed by atoms with van der Waals surface area (Å²) in [7, 11) is -3.94. The molecule has 3 rings (SSSR count). The van der Waals surface area contributed by atoms with Crippen molar-refractivity contribution in [3.63, 3.8) is 0 Å². The Morgan fingerprint density at radius 1 is 1.12 bits per heavy atom. The zero-order valence-corrected chi connectivity index (χ0v) is 17.7. The number of rotatable bonds is 6. The first kappa shape index (κ1) is 22.9. The molecule has 0 saturated carbocycles. The number of benzene rings is 2. The molecule has 4 N–H and O–H groups in total. The minimum atomic E-state index is -3.94. The maximum absolute atomic E-state index is 12.4. The highest BCUT2D eigenvalue weighted by atomic mass is 32.2. The molecule has 0 radical (unpaired) electrons. The number of nitrogens with one attached hydrogen (secondary N) is 2. The average Bonchev–Trinajstić information content (AvgIpc) is 2.75. The van der Waals surface area contributed by atoms with Crippen molar-refractivity contribution in [3.05, 3.63) is 54.1 Å². The van der Waals surface area contributed by atoms with Gasteiger partial charge >= 0.3 is 5.97 Å². The second-order valence-corrected chi connectivity index (χ2v) is 8.48. The van der Waals surface area contributed by atoms with Crippen LogP contribution < -0.4 is 20.9 Å². The van der Waals surface area contributed by atoms with Crippen molar-refractivity contribution in [1.29, 1.82) is 0 Å². The van der Waals surface area contributed by atoms with E-state index in [1.165, 1.54) is 55.5 Å². The molecule has 32 heavy (non-hydrogen) atoms. The maximum atomic E-state index is 12.4. The Balaban J connectivity index is 1.62. The highest BCUT2D eigenvalue weighted by molar-refractivity contribution is 7.89. The fourth-order valence-electron chi connectivity index (χ4n) is 2.81. The van der Waals surface area contributed by atoms with Crippen molar-refractivity contribution in [1.82, 2.24) is 5.43 Å². The first-order valence-corrected chi connectivity index (χ1v) is 11.0. The van der Waals surface area contributed by atoms with E-state index in [1.807, 2.05) is 0 Å². The van der Waals surface area contributed by atoms with Gasteiger partial charge in [0.25, 0.3) is 5.91 Å². The van der Waals surface area contributed by atoms with E-state index in [1.54, 1.807) is 0 Å². The van der Waals surface area contributed by atoms with Crippen molar-refractivity contribution in [2.24, 2.45) is 5.14 Å². The molecule has 1 heterocycles. The van der Waals surface area contributed by atoms with Gasteiger partial charge in [-0.15, -0.1) is 0 Å². The molecule has 0 bridgehead atoms. The Kier molecular flexibility index (Phi) is 6.55. The molecule has 11 nitrogen and oxygen atoms in total. The molecule has 1 aliphatic heterocycles. The van der Waals surface area contributed by atoms with Gasteiger partial charge in [-0.3, -0.25) is 19.8 Å². The summed E-state index contributed by atoms with van der Waals surface area (Å²) in [6.45, 7) is 1.35. The molecule has 2 aromatic rings. The van der Waals surface area contributed by atoms with Crippen LogP contribution in [0.5, 0.6) is 0 Å². The van der Waals surface area contributed by atoms with Gasteiger partial charge < -0.3 is 10.1 Å². The molecule has 0 aliphatic carbocycles. The SMILES string of the molecule is CC(OC(=O)c1ccc(N2NC(=O)CCC2=O)cc1)C(=O)Nc1cccc(S(N)(=O)=O)c1. The lowest BCUT2D eigenvalue weighted by Crippen LogP contribution is -2.50. The van der Waals surface area contributed by atoms with Gasteiger partial charge in [-0.1, -0.05) is 6.07 Å². The number of carbonyl (C=O) groups excluding carboxylic acids is 4. The van der Waals surface area contributed by atoms with Gasteiger partial charge in [0.05, 0.1) is 16.1 Å². The number of hydrazine groups is 1. The van der Waals surface area contributed by atoms with Crippen LogP contribution >= 0.6 is 0 Å². The van der Waals surface area contributed by atoms with E-state index in [2.05, 4.69) is 10.7 Å². The number of hydrogen-bond acceptors (Lipinski definition) is 7. The predicted octanol–water partition coefficient (Wildman–Crippen LogP) is 0.676. The van der Waals surface area contributed by atoms with Gasteiger partial charge in [-0.25, -0.2) is 23.4 Å². The Morgan fingerprint density at radius 2 is 1.81 bits per heavy atom. The number of primary sulfonamides is 1. The van der Waals surface area contributed by atoms with Crippen LogP contribution in [0, 0.1) is 0 Å². The number of ether oxygens (including phenoxy) is 1. The third-order valence-electron chi connectivity index (χ3n) is 4.50. The Morgan fingerprint density at radius 3 is 2.47 bits per heavy atom. The van der Waals surface area contributed by atoms with E-state index in [0.29, 0.717) is 5.69 Å². The second kappa shape index (κ2) is 9.16. The molecular weight excluding hydrogens is 440 g/mol. The Bertz CT molecular complexity index is 1180. The number of nitrogens with two attached hydrogens (primary N) is 1. The zero-order chi connectivity index (χ0) is 23.5. The lowest BCUT2D eigenvalue weighted by atomic mass is 10.1. The molecule has 1 saturated heterocycles. The molecule has 0 spiro atoms. The largest absolute Gasteiger partial charge is 0.449 e. The molecule has 1 fully saturated rings. The summed E-state index contributed by atoms with van der Waals surface area (Å²) < 4.78 is 28.0. The van der Waals surface area contributed by atoms with Crippen LogP contribution in [-0.4, -0.2) is 38.2 Å². The van der Waals surface area contributed by atoms with E-state index in [9.17, 15) is 27.6 Å². The van der Waals surface area contributed by atoms with E-state index < -0.39 is 28.0 Å². The Labute approximate surface area is 183 Å². The fourth-order valence-corrected chi connectivity index (χ4v) is 3.37. The number of esters is 1. The van der Waals surface area contributed by atoms with Crippen LogP contribution in [0.1, 0.15) is 30.1 Å². The normalized spacial score (nSPS) is 15.0. The molecular formula is C20H20N4O7S. The van der Waals surface area contributed by atoms with E-state index in [0.717, 1.165) is 5.01 Å². The topological polar surface area (TPSA) is 165 Å². The molecule has 168 valence electrons. The smallest absolute Gasteiger partial charge is 0.338 e. The van der Waals surface area contributed by atoms with Gasteiger partial charge in [-0.05, 0) is 49.4 Å². The molecule has 1 unspecified atom stereocenters. The molecule has 2 aromatic carbocycles. The summed E-state index contributed by atoms with van der Waals surface area (Å²) in [4.78, 5) is 47.9. The first-order chi connectivity index (χ1) is 15.0. The number of hydrogen-bond donors (Lipinski definition) is 3. The highest BCUT2D eigenvalue weighted by Gasteiger charge is 2.25. The first-order valence-electron chi connectivity index (χ1n) is 9.42. The molecule has 0 aromatic heterocycles. The summed E-state index contributed by atoms with van der Waals surface area (Å²) in [6.07, 6.45) is -0.989. The zero-order valence-electron chi connectivity index (χ0n) is 16.9. The second-order valence-electron chi connectivity index (χ2n) is 6.92. The van der Waals surface area contributed by atoms with Crippen LogP contribution in [0.2, 0.25) is 0 Å². The van der Waals surface area contributed by atoms with Crippen LogP contribution in [-0.2, 0) is 29.1 Å². The monoisotopic (exact) mass is 460 g/mol. The third-order valence-corrected chi connectivity index (χ3v) is 5.41. The summed E-state index contributed by atoms with van der Waals surface area (Å²) in [5, 5.41) is 8.62. The molecule has 1 aliphatic rings. The van der Waals surface area contributed by atoms with Gasteiger partial charge in [-0.2, -0.15) is 0 Å². The number of sulfonamides is 1. The van der Waals surface area contributed by atoms with Crippen LogP contribution in [0.15, 0.2) is 53.4 Å². The number of anilines is 2. The van der Waals surface area contributed by atoms with Crippen molar-refractivity contribution < 1.29 is 32.3 Å². The van der Waals surface area contributed by atoms with E-state index in [4.69, 9.17) is 9.88 Å². The summed E-state index contributed by atoms with van der Waals surface area (Å²) in [5.41, 5.74) is 3.11. The molecule has 1 atom stereocenters. The quantitative estimate of drug-likeness (QED) is 0.533. The van der Waals surface area contributed by atoms with Gasteiger partial charge in [0, 0.05) is 18.5 Å². The number of amides is 3. The fraction of sp³-hybridized carbons (Fsp3) is 0.200.